The lowest BCUT2D eigenvalue weighted by atomic mass is 10.1. The lowest BCUT2D eigenvalue weighted by Gasteiger charge is -2.16. The molecule has 1 heterocycles. The van der Waals surface area contributed by atoms with E-state index in [4.69, 9.17) is 4.74 Å². The summed E-state index contributed by atoms with van der Waals surface area (Å²) in [5.41, 5.74) is 1.63. The number of halogens is 1. The Morgan fingerprint density at radius 3 is 2.53 bits per heavy atom. The first kappa shape index (κ1) is 21.0. The van der Waals surface area contributed by atoms with Crippen LogP contribution in [0.25, 0.3) is 0 Å². The fourth-order valence-corrected chi connectivity index (χ4v) is 2.97. The number of urea groups is 1. The van der Waals surface area contributed by atoms with Crippen LogP contribution in [0.1, 0.15) is 12.0 Å². The van der Waals surface area contributed by atoms with Crippen LogP contribution in [0.3, 0.4) is 0 Å². The van der Waals surface area contributed by atoms with Crippen LogP contribution in [-0.2, 0) is 19.1 Å². The zero-order valence-electron chi connectivity index (χ0n) is 16.2. The molecule has 0 aliphatic carbocycles. The van der Waals surface area contributed by atoms with Crippen molar-refractivity contribution >= 4 is 35.2 Å². The van der Waals surface area contributed by atoms with Gasteiger partial charge in [0, 0.05) is 18.7 Å². The van der Waals surface area contributed by atoms with E-state index in [9.17, 15) is 23.6 Å². The molecule has 0 bridgehead atoms. The van der Waals surface area contributed by atoms with Crippen molar-refractivity contribution in [1.82, 2.24) is 5.32 Å². The van der Waals surface area contributed by atoms with Gasteiger partial charge in [-0.25, -0.2) is 9.18 Å². The molecule has 1 aliphatic rings. The summed E-state index contributed by atoms with van der Waals surface area (Å²) < 4.78 is 18.4. The monoisotopic (exact) mass is 413 g/mol. The number of hydrogen-bond donors (Lipinski definition) is 2. The second-order valence-corrected chi connectivity index (χ2v) is 6.83. The number of carbonyl (C=O) groups excluding carboxylic acids is 4. The second-order valence-electron chi connectivity index (χ2n) is 6.83. The number of benzene rings is 2. The number of anilines is 2. The van der Waals surface area contributed by atoms with Crippen LogP contribution in [0.15, 0.2) is 48.5 Å². The van der Waals surface area contributed by atoms with E-state index in [1.165, 1.54) is 23.1 Å². The van der Waals surface area contributed by atoms with E-state index in [-0.39, 0.29) is 24.6 Å². The molecule has 3 rings (SSSR count). The van der Waals surface area contributed by atoms with Crippen molar-refractivity contribution in [2.75, 3.05) is 23.4 Å². The Balaban J connectivity index is 1.46. The van der Waals surface area contributed by atoms with Crippen LogP contribution in [0.2, 0.25) is 0 Å². The molecule has 2 aromatic carbocycles. The number of carbonyl (C=O) groups is 4. The highest BCUT2D eigenvalue weighted by molar-refractivity contribution is 6.02. The number of imide groups is 1. The summed E-state index contributed by atoms with van der Waals surface area (Å²) in [6.07, 6.45) is -0.0257. The van der Waals surface area contributed by atoms with Gasteiger partial charge in [0.1, 0.15) is 5.82 Å². The molecule has 0 radical (unpaired) electrons. The second kappa shape index (κ2) is 9.17. The molecule has 0 spiro atoms. The molecule has 0 unspecified atom stereocenters. The molecule has 1 fully saturated rings. The van der Waals surface area contributed by atoms with E-state index in [1.54, 1.807) is 12.1 Å². The summed E-state index contributed by atoms with van der Waals surface area (Å²) in [4.78, 5) is 49.5. The number of rotatable bonds is 5. The van der Waals surface area contributed by atoms with Gasteiger partial charge < -0.3 is 15.0 Å². The van der Waals surface area contributed by atoms with Gasteiger partial charge in [0.05, 0.1) is 11.6 Å². The minimum absolute atomic E-state index is 0.0257. The highest BCUT2D eigenvalue weighted by Crippen LogP contribution is 2.26. The molecule has 4 amide bonds. The zero-order chi connectivity index (χ0) is 21.7. The van der Waals surface area contributed by atoms with Gasteiger partial charge in [-0.2, -0.15) is 0 Å². The van der Waals surface area contributed by atoms with Crippen LogP contribution >= 0.6 is 0 Å². The fourth-order valence-electron chi connectivity index (χ4n) is 2.97. The molecule has 0 aromatic heterocycles. The molecule has 8 nitrogen and oxygen atoms in total. The summed E-state index contributed by atoms with van der Waals surface area (Å²) in [6.45, 7) is 1.38. The third-order valence-electron chi connectivity index (χ3n) is 4.52. The molecule has 2 aromatic rings. The SMILES string of the molecule is Cc1ccc(N2C[C@@H](C(=O)OCC(=O)NC(=O)Nc3ccccc3F)CC2=O)cc1. The number of aryl methyl sites for hydroxylation is 1. The summed E-state index contributed by atoms with van der Waals surface area (Å²) in [7, 11) is 0. The van der Waals surface area contributed by atoms with E-state index in [0.29, 0.717) is 5.69 Å². The van der Waals surface area contributed by atoms with Crippen LogP contribution < -0.4 is 15.5 Å². The van der Waals surface area contributed by atoms with E-state index in [0.717, 1.165) is 11.6 Å². The minimum Gasteiger partial charge on any atom is -0.455 e. The van der Waals surface area contributed by atoms with Crippen LogP contribution in [0, 0.1) is 18.7 Å². The first-order valence-corrected chi connectivity index (χ1v) is 9.22. The quantitative estimate of drug-likeness (QED) is 0.733. The number of esters is 1. The Hall–Kier alpha value is -3.75. The van der Waals surface area contributed by atoms with E-state index < -0.39 is 36.2 Å². The summed E-state index contributed by atoms with van der Waals surface area (Å²) in [5, 5.41) is 4.12. The Morgan fingerprint density at radius 2 is 1.83 bits per heavy atom. The third-order valence-corrected chi connectivity index (χ3v) is 4.52. The van der Waals surface area contributed by atoms with E-state index in [2.05, 4.69) is 5.32 Å². The molecule has 156 valence electrons. The predicted molar refractivity (Wildman–Crippen MR) is 106 cm³/mol. The lowest BCUT2D eigenvalue weighted by molar-refractivity contribution is -0.152. The third kappa shape index (κ3) is 5.19. The average molecular weight is 413 g/mol. The lowest BCUT2D eigenvalue weighted by Crippen LogP contribution is -2.38. The van der Waals surface area contributed by atoms with Crippen molar-refractivity contribution < 1.29 is 28.3 Å². The van der Waals surface area contributed by atoms with Gasteiger partial charge in [0.15, 0.2) is 6.61 Å². The van der Waals surface area contributed by atoms with Gasteiger partial charge in [0.2, 0.25) is 5.91 Å². The van der Waals surface area contributed by atoms with Gasteiger partial charge in [-0.05, 0) is 31.2 Å². The highest BCUT2D eigenvalue weighted by atomic mass is 19.1. The zero-order valence-corrected chi connectivity index (χ0v) is 16.2. The number of amides is 4. The minimum atomic E-state index is -0.956. The number of para-hydroxylation sites is 1. The van der Waals surface area contributed by atoms with Crippen molar-refractivity contribution in [3.05, 3.63) is 59.9 Å². The van der Waals surface area contributed by atoms with Crippen molar-refractivity contribution in [3.8, 4) is 0 Å². The van der Waals surface area contributed by atoms with Gasteiger partial charge in [0.25, 0.3) is 5.91 Å². The normalized spacial score (nSPS) is 15.6. The average Bonchev–Trinajstić information content (AvgIpc) is 3.10. The van der Waals surface area contributed by atoms with Crippen molar-refractivity contribution in [1.29, 1.82) is 0 Å². The summed E-state index contributed by atoms with van der Waals surface area (Å²) >= 11 is 0. The maximum Gasteiger partial charge on any atom is 0.326 e. The molecule has 30 heavy (non-hydrogen) atoms. The highest BCUT2D eigenvalue weighted by Gasteiger charge is 2.36. The van der Waals surface area contributed by atoms with Crippen molar-refractivity contribution in [2.24, 2.45) is 5.92 Å². The Labute approximate surface area is 172 Å². The summed E-state index contributed by atoms with van der Waals surface area (Å²) in [6, 6.07) is 11.8. The van der Waals surface area contributed by atoms with Crippen LogP contribution in [0.5, 0.6) is 0 Å². The van der Waals surface area contributed by atoms with E-state index >= 15 is 0 Å². The largest absolute Gasteiger partial charge is 0.455 e. The fraction of sp³-hybridized carbons (Fsp3) is 0.238. The molecular formula is C21H20FN3O5. The first-order chi connectivity index (χ1) is 14.3. The Bertz CT molecular complexity index is 977. The van der Waals surface area contributed by atoms with Gasteiger partial charge in [-0.3, -0.25) is 19.7 Å². The van der Waals surface area contributed by atoms with Crippen molar-refractivity contribution in [3.63, 3.8) is 0 Å². The smallest absolute Gasteiger partial charge is 0.326 e. The number of nitrogens with one attached hydrogen (secondary N) is 2. The predicted octanol–water partition coefficient (Wildman–Crippen LogP) is 2.38. The number of ether oxygens (including phenoxy) is 1. The molecule has 1 atom stereocenters. The number of nitrogens with zero attached hydrogens (tertiary/aromatic N) is 1. The Kier molecular flexibility index (Phi) is 6.41. The standard InChI is InChI=1S/C21H20FN3O5/c1-13-6-8-15(9-7-13)25-11-14(10-19(25)27)20(28)30-12-18(26)24-21(29)23-17-5-3-2-4-16(17)22/h2-9,14H,10-12H2,1H3,(H2,23,24,26,29)/t14-/m0/s1. The van der Waals surface area contributed by atoms with Crippen LogP contribution in [-0.4, -0.2) is 37.0 Å². The molecule has 9 heteroatoms. The molecule has 2 N–H and O–H groups in total. The Morgan fingerprint density at radius 1 is 1.13 bits per heavy atom. The topological polar surface area (TPSA) is 105 Å². The van der Waals surface area contributed by atoms with Gasteiger partial charge in [-0.15, -0.1) is 0 Å². The van der Waals surface area contributed by atoms with Crippen LogP contribution in [0.4, 0.5) is 20.6 Å². The summed E-state index contributed by atoms with van der Waals surface area (Å²) in [5.74, 6) is -3.16. The first-order valence-electron chi connectivity index (χ1n) is 9.22. The molecular weight excluding hydrogens is 393 g/mol. The van der Waals surface area contributed by atoms with E-state index in [1.807, 2.05) is 24.4 Å². The molecule has 1 saturated heterocycles. The molecule has 1 aliphatic heterocycles. The van der Waals surface area contributed by atoms with Crippen molar-refractivity contribution in [2.45, 2.75) is 13.3 Å². The molecule has 0 saturated carbocycles. The maximum atomic E-state index is 13.5. The van der Waals surface area contributed by atoms with Gasteiger partial charge >= 0.3 is 12.0 Å². The number of hydrogen-bond acceptors (Lipinski definition) is 5. The van der Waals surface area contributed by atoms with Gasteiger partial charge in [-0.1, -0.05) is 29.8 Å². The maximum absolute atomic E-state index is 13.5.